The molecule has 1 atom stereocenters. The fourth-order valence-corrected chi connectivity index (χ4v) is 5.20. The van der Waals surface area contributed by atoms with Crippen LogP contribution in [0.2, 0.25) is 0 Å². The van der Waals surface area contributed by atoms with Gasteiger partial charge >= 0.3 is 6.09 Å². The molecular formula is C20H30N2O6S. The Morgan fingerprint density at radius 3 is 2.59 bits per heavy atom. The number of aliphatic hydroxyl groups is 1. The maximum Gasteiger partial charge on any atom is 0.408 e. The molecule has 9 heteroatoms. The molecule has 0 radical (unpaired) electrons. The first kappa shape index (κ1) is 21.9. The number of piperidine rings is 1. The van der Waals surface area contributed by atoms with Crippen molar-refractivity contribution >= 4 is 16.1 Å². The monoisotopic (exact) mass is 426 g/mol. The molecule has 0 aliphatic carbocycles. The van der Waals surface area contributed by atoms with Crippen LogP contribution in [0.25, 0.3) is 0 Å². The smallest absolute Gasteiger partial charge is 0.408 e. The summed E-state index contributed by atoms with van der Waals surface area (Å²) >= 11 is 0. The van der Waals surface area contributed by atoms with Gasteiger partial charge in [0.25, 0.3) is 0 Å². The average Bonchev–Trinajstić information content (AvgIpc) is 2.99. The molecule has 3 rings (SSSR count). The second kappa shape index (κ2) is 7.77. The standard InChI is InChI=1S/C20H30N2O6S/c1-14-11-15-12-16(5-6-17(15)27-14)29(25,26)22-9-7-20(13-23,8-10-22)21-18(24)28-19(2,3)4/h5-6,12,14,23H,7-11,13H2,1-4H3,(H,21,24)/t14-/m1/s1. The molecule has 29 heavy (non-hydrogen) atoms. The van der Waals surface area contributed by atoms with E-state index in [1.165, 1.54) is 4.31 Å². The van der Waals surface area contributed by atoms with Gasteiger partial charge in [0.05, 0.1) is 17.0 Å². The van der Waals surface area contributed by atoms with Crippen LogP contribution < -0.4 is 10.1 Å². The quantitative estimate of drug-likeness (QED) is 0.763. The van der Waals surface area contributed by atoms with E-state index in [4.69, 9.17) is 9.47 Å². The number of amides is 1. The van der Waals surface area contributed by atoms with Crippen LogP contribution in [0.15, 0.2) is 23.1 Å². The molecule has 2 aliphatic rings. The molecule has 8 nitrogen and oxygen atoms in total. The summed E-state index contributed by atoms with van der Waals surface area (Å²) in [4.78, 5) is 12.4. The van der Waals surface area contributed by atoms with Crippen molar-refractivity contribution in [3.8, 4) is 5.75 Å². The Morgan fingerprint density at radius 2 is 2.00 bits per heavy atom. The first-order valence-corrected chi connectivity index (χ1v) is 11.3. The number of rotatable bonds is 4. The molecule has 0 spiro atoms. The summed E-state index contributed by atoms with van der Waals surface area (Å²) in [5.74, 6) is 0.732. The molecule has 1 aromatic rings. The number of ether oxygens (including phenoxy) is 2. The Morgan fingerprint density at radius 1 is 1.34 bits per heavy atom. The van der Waals surface area contributed by atoms with Gasteiger partial charge in [-0.2, -0.15) is 4.31 Å². The summed E-state index contributed by atoms with van der Waals surface area (Å²) in [5, 5.41) is 12.6. The minimum absolute atomic E-state index is 0.0436. The maximum atomic E-state index is 13.1. The highest BCUT2D eigenvalue weighted by Gasteiger charge is 2.40. The number of hydrogen-bond acceptors (Lipinski definition) is 6. The zero-order valence-electron chi connectivity index (χ0n) is 17.4. The van der Waals surface area contributed by atoms with Crippen molar-refractivity contribution in [2.24, 2.45) is 0 Å². The molecule has 0 bridgehead atoms. The number of aliphatic hydroxyl groups excluding tert-OH is 1. The molecule has 1 aromatic carbocycles. The zero-order chi connectivity index (χ0) is 21.4. The van der Waals surface area contributed by atoms with Crippen LogP contribution in [-0.2, 0) is 21.2 Å². The molecule has 1 fully saturated rings. The van der Waals surface area contributed by atoms with Gasteiger partial charge in [-0.05, 0) is 64.3 Å². The van der Waals surface area contributed by atoms with Gasteiger partial charge in [-0.25, -0.2) is 13.2 Å². The Labute approximate surface area is 172 Å². The van der Waals surface area contributed by atoms with Crippen LogP contribution in [0.3, 0.4) is 0 Å². The number of carbonyl (C=O) groups excluding carboxylic acids is 1. The molecule has 1 saturated heterocycles. The minimum Gasteiger partial charge on any atom is -0.490 e. The highest BCUT2D eigenvalue weighted by atomic mass is 32.2. The van der Waals surface area contributed by atoms with Crippen molar-refractivity contribution < 1.29 is 27.8 Å². The van der Waals surface area contributed by atoms with E-state index in [0.29, 0.717) is 19.3 Å². The summed E-state index contributed by atoms with van der Waals surface area (Å²) in [6, 6.07) is 4.96. The van der Waals surface area contributed by atoms with E-state index in [9.17, 15) is 18.3 Å². The summed E-state index contributed by atoms with van der Waals surface area (Å²) < 4.78 is 38.5. The lowest BCUT2D eigenvalue weighted by molar-refractivity contribution is 0.0324. The average molecular weight is 427 g/mol. The molecule has 2 heterocycles. The van der Waals surface area contributed by atoms with E-state index in [-0.39, 0.29) is 30.7 Å². The maximum absolute atomic E-state index is 13.1. The van der Waals surface area contributed by atoms with Gasteiger partial charge in [-0.1, -0.05) is 0 Å². The third-order valence-electron chi connectivity index (χ3n) is 5.25. The van der Waals surface area contributed by atoms with E-state index in [2.05, 4.69) is 5.32 Å². The van der Waals surface area contributed by atoms with E-state index >= 15 is 0 Å². The van der Waals surface area contributed by atoms with Crippen molar-refractivity contribution in [2.45, 2.75) is 69.1 Å². The van der Waals surface area contributed by atoms with Crippen molar-refractivity contribution in [1.82, 2.24) is 9.62 Å². The number of alkyl carbamates (subject to hydrolysis) is 1. The van der Waals surface area contributed by atoms with Gasteiger partial charge in [-0.3, -0.25) is 0 Å². The third kappa shape index (κ3) is 4.84. The van der Waals surface area contributed by atoms with Crippen molar-refractivity contribution in [1.29, 1.82) is 0 Å². The molecule has 2 aliphatic heterocycles. The van der Waals surface area contributed by atoms with Crippen molar-refractivity contribution in [3.63, 3.8) is 0 Å². The lowest BCUT2D eigenvalue weighted by Crippen LogP contribution is -2.58. The fourth-order valence-electron chi connectivity index (χ4n) is 3.71. The lowest BCUT2D eigenvalue weighted by Gasteiger charge is -2.40. The summed E-state index contributed by atoms with van der Waals surface area (Å²) in [6.07, 6.45) is 0.712. The van der Waals surface area contributed by atoms with Crippen LogP contribution in [-0.4, -0.2) is 60.9 Å². The second-order valence-electron chi connectivity index (χ2n) is 8.87. The normalized spacial score (nSPS) is 21.9. The predicted molar refractivity (Wildman–Crippen MR) is 107 cm³/mol. The van der Waals surface area contributed by atoms with Gasteiger partial charge < -0.3 is 19.9 Å². The molecule has 162 valence electrons. The van der Waals surface area contributed by atoms with Crippen LogP contribution in [0, 0.1) is 0 Å². The second-order valence-corrected chi connectivity index (χ2v) is 10.8. The molecular weight excluding hydrogens is 396 g/mol. The van der Waals surface area contributed by atoms with Gasteiger partial charge in [0.2, 0.25) is 10.0 Å². The first-order valence-electron chi connectivity index (χ1n) is 9.86. The summed E-state index contributed by atoms with van der Waals surface area (Å²) in [6.45, 7) is 7.34. The number of benzene rings is 1. The fraction of sp³-hybridized carbons (Fsp3) is 0.650. The Hall–Kier alpha value is -1.84. The SMILES string of the molecule is C[C@@H]1Cc2cc(S(=O)(=O)N3CCC(CO)(NC(=O)OC(C)(C)C)CC3)ccc2O1. The summed E-state index contributed by atoms with van der Waals surface area (Å²) in [7, 11) is -3.66. The molecule has 1 amide bonds. The van der Waals surface area contributed by atoms with E-state index < -0.39 is 27.3 Å². The molecule has 0 aromatic heterocycles. The number of hydrogen-bond donors (Lipinski definition) is 2. The van der Waals surface area contributed by atoms with Gasteiger partial charge in [-0.15, -0.1) is 0 Å². The van der Waals surface area contributed by atoms with Crippen LogP contribution in [0.5, 0.6) is 5.75 Å². The highest BCUT2D eigenvalue weighted by Crippen LogP contribution is 2.33. The molecule has 0 unspecified atom stereocenters. The van der Waals surface area contributed by atoms with Gasteiger partial charge in [0.15, 0.2) is 0 Å². The zero-order valence-corrected chi connectivity index (χ0v) is 18.2. The van der Waals surface area contributed by atoms with E-state index in [1.54, 1.807) is 39.0 Å². The van der Waals surface area contributed by atoms with Crippen LogP contribution in [0.1, 0.15) is 46.1 Å². The minimum atomic E-state index is -3.66. The number of sulfonamides is 1. The number of nitrogens with one attached hydrogen (secondary N) is 1. The van der Waals surface area contributed by atoms with E-state index in [0.717, 1.165) is 11.3 Å². The number of fused-ring (bicyclic) bond motifs is 1. The predicted octanol–water partition coefficient (Wildman–Crippen LogP) is 2.05. The lowest BCUT2D eigenvalue weighted by atomic mass is 9.89. The largest absolute Gasteiger partial charge is 0.490 e. The Bertz CT molecular complexity index is 869. The number of nitrogens with zero attached hydrogens (tertiary/aromatic N) is 1. The van der Waals surface area contributed by atoms with Crippen molar-refractivity contribution in [2.75, 3.05) is 19.7 Å². The van der Waals surface area contributed by atoms with E-state index in [1.807, 2.05) is 6.92 Å². The number of carbonyl (C=O) groups is 1. The van der Waals surface area contributed by atoms with Crippen LogP contribution >= 0.6 is 0 Å². The van der Waals surface area contributed by atoms with Crippen LogP contribution in [0.4, 0.5) is 4.79 Å². The third-order valence-corrected chi connectivity index (χ3v) is 7.15. The molecule has 0 saturated carbocycles. The van der Waals surface area contributed by atoms with Gasteiger partial charge in [0, 0.05) is 19.5 Å². The Kier molecular flexibility index (Phi) is 5.86. The van der Waals surface area contributed by atoms with Gasteiger partial charge in [0.1, 0.15) is 17.5 Å². The first-order chi connectivity index (χ1) is 13.4. The summed E-state index contributed by atoms with van der Waals surface area (Å²) in [5.41, 5.74) is -0.651. The highest BCUT2D eigenvalue weighted by molar-refractivity contribution is 7.89. The molecule has 2 N–H and O–H groups in total. The Balaban J connectivity index is 1.69. The topological polar surface area (TPSA) is 105 Å². The van der Waals surface area contributed by atoms with Crippen molar-refractivity contribution in [3.05, 3.63) is 23.8 Å².